The lowest BCUT2D eigenvalue weighted by atomic mass is 9.93. The van der Waals surface area contributed by atoms with Gasteiger partial charge in [-0.2, -0.15) is 5.26 Å². The third kappa shape index (κ3) is 4.27. The summed E-state index contributed by atoms with van der Waals surface area (Å²) in [6, 6.07) is 9.08. The van der Waals surface area contributed by atoms with Crippen molar-refractivity contribution in [2.24, 2.45) is 0 Å². The van der Waals surface area contributed by atoms with Crippen LogP contribution >= 0.6 is 11.3 Å². The summed E-state index contributed by atoms with van der Waals surface area (Å²) < 4.78 is 0. The Morgan fingerprint density at radius 1 is 1.32 bits per heavy atom. The topological polar surface area (TPSA) is 65.8 Å². The Morgan fingerprint density at radius 2 is 2.00 bits per heavy atom. The Morgan fingerprint density at radius 3 is 2.55 bits per heavy atom. The lowest BCUT2D eigenvalue weighted by Crippen LogP contribution is -2.12. The molecule has 0 atom stereocenters. The molecule has 112 valence electrons. The van der Waals surface area contributed by atoms with Crippen LogP contribution in [0, 0.1) is 11.3 Å². The fourth-order valence-corrected chi connectivity index (χ4v) is 2.60. The number of hydrogen-bond donors (Lipinski definition) is 1. The van der Waals surface area contributed by atoms with Crippen LogP contribution in [0.15, 0.2) is 35.7 Å². The van der Waals surface area contributed by atoms with Gasteiger partial charge in [0.25, 0.3) is 0 Å². The van der Waals surface area contributed by atoms with Gasteiger partial charge in [0.2, 0.25) is 5.91 Å². The number of anilines is 1. The predicted octanol–water partition coefficient (Wildman–Crippen LogP) is 3.96. The highest BCUT2D eigenvalue weighted by Gasteiger charge is 2.17. The molecule has 1 N–H and O–H groups in total. The zero-order valence-electron chi connectivity index (χ0n) is 12.8. The van der Waals surface area contributed by atoms with Crippen molar-refractivity contribution in [2.75, 3.05) is 5.32 Å². The molecule has 2 aromatic rings. The van der Waals surface area contributed by atoms with Gasteiger partial charge in [0.15, 0.2) is 5.13 Å². The monoisotopic (exact) mass is 311 g/mol. The zero-order chi connectivity index (χ0) is 16.2. The van der Waals surface area contributed by atoms with Gasteiger partial charge < -0.3 is 0 Å². The van der Waals surface area contributed by atoms with Gasteiger partial charge in [-0.05, 0) is 23.8 Å². The Bertz CT molecular complexity index is 730. The first-order chi connectivity index (χ1) is 10.4. The highest BCUT2D eigenvalue weighted by Crippen LogP contribution is 2.26. The first kappa shape index (κ1) is 15.9. The first-order valence-corrected chi connectivity index (χ1v) is 7.72. The minimum Gasteiger partial charge on any atom is -0.298 e. The van der Waals surface area contributed by atoms with E-state index in [-0.39, 0.29) is 11.3 Å². The lowest BCUT2D eigenvalue weighted by Gasteiger charge is -2.14. The van der Waals surface area contributed by atoms with Crippen LogP contribution in [-0.4, -0.2) is 10.9 Å². The number of nitrogens with one attached hydrogen (secondary N) is 1. The van der Waals surface area contributed by atoms with Gasteiger partial charge in [-0.3, -0.25) is 10.1 Å². The van der Waals surface area contributed by atoms with Crippen LogP contribution in [0.1, 0.15) is 37.6 Å². The minimum absolute atomic E-state index is 0.0300. The molecule has 4 nitrogen and oxygen atoms in total. The molecule has 2 rings (SSSR count). The van der Waals surface area contributed by atoms with Crippen molar-refractivity contribution in [1.82, 2.24) is 4.98 Å². The van der Waals surface area contributed by atoms with E-state index >= 15 is 0 Å². The molecule has 0 radical (unpaired) electrons. The second-order valence-corrected chi connectivity index (χ2v) is 6.70. The third-order valence-corrected chi connectivity index (χ3v) is 3.73. The van der Waals surface area contributed by atoms with Gasteiger partial charge in [-0.1, -0.05) is 32.9 Å². The van der Waals surface area contributed by atoms with Crippen LogP contribution in [0.5, 0.6) is 0 Å². The van der Waals surface area contributed by atoms with Crippen LogP contribution in [0.2, 0.25) is 0 Å². The van der Waals surface area contributed by atoms with E-state index in [0.29, 0.717) is 10.7 Å². The maximum atomic E-state index is 11.9. The van der Waals surface area contributed by atoms with Gasteiger partial charge >= 0.3 is 0 Å². The molecule has 0 saturated carbocycles. The number of hydrogen-bond acceptors (Lipinski definition) is 4. The highest BCUT2D eigenvalue weighted by molar-refractivity contribution is 7.14. The van der Waals surface area contributed by atoms with Crippen molar-refractivity contribution >= 4 is 28.5 Å². The molecule has 0 spiro atoms. The van der Waals surface area contributed by atoms with Crippen LogP contribution in [-0.2, 0) is 10.2 Å². The van der Waals surface area contributed by atoms with Gasteiger partial charge in [0.05, 0.1) is 17.3 Å². The van der Waals surface area contributed by atoms with E-state index in [0.717, 1.165) is 11.3 Å². The summed E-state index contributed by atoms with van der Waals surface area (Å²) in [4.78, 5) is 16.3. The molecule has 1 aromatic heterocycles. The number of nitrogens with zero attached hydrogens (tertiary/aromatic N) is 2. The van der Waals surface area contributed by atoms with Crippen molar-refractivity contribution < 1.29 is 4.79 Å². The van der Waals surface area contributed by atoms with Gasteiger partial charge in [0, 0.05) is 16.9 Å². The van der Waals surface area contributed by atoms with Crippen molar-refractivity contribution in [3.8, 4) is 6.07 Å². The van der Waals surface area contributed by atoms with Gasteiger partial charge in [-0.15, -0.1) is 11.3 Å². The molecule has 1 amide bonds. The average molecular weight is 311 g/mol. The molecule has 0 aliphatic carbocycles. The summed E-state index contributed by atoms with van der Waals surface area (Å²) in [5.74, 6) is -0.223. The zero-order valence-corrected chi connectivity index (χ0v) is 13.6. The quantitative estimate of drug-likeness (QED) is 0.872. The molecule has 0 bridgehead atoms. The normalized spacial score (nSPS) is 11.4. The number of aromatic nitrogens is 1. The SMILES string of the molecule is CC(C)(C)c1csc(NC(=O)/C=C/c2ccc(C#N)cc2)n1. The molecule has 1 aromatic carbocycles. The molecule has 1 heterocycles. The molecule has 0 unspecified atom stereocenters. The van der Waals surface area contributed by atoms with Crippen LogP contribution in [0.25, 0.3) is 6.08 Å². The number of benzene rings is 1. The summed E-state index contributed by atoms with van der Waals surface area (Å²) >= 11 is 1.42. The Balaban J connectivity index is 1.99. The second kappa shape index (κ2) is 6.54. The molecule has 5 heteroatoms. The fourth-order valence-electron chi connectivity index (χ4n) is 1.66. The largest absolute Gasteiger partial charge is 0.298 e. The van der Waals surface area contributed by atoms with Crippen molar-refractivity contribution in [1.29, 1.82) is 5.26 Å². The molecular formula is C17H17N3OS. The maximum absolute atomic E-state index is 11.9. The number of thiazole rings is 1. The molecular weight excluding hydrogens is 294 g/mol. The number of nitriles is 1. The van der Waals surface area contributed by atoms with Crippen molar-refractivity contribution in [2.45, 2.75) is 26.2 Å². The summed E-state index contributed by atoms with van der Waals surface area (Å²) in [7, 11) is 0. The standard InChI is InChI=1S/C17H17N3OS/c1-17(2,3)14-11-22-16(19-14)20-15(21)9-8-12-4-6-13(10-18)7-5-12/h4-9,11H,1-3H3,(H,19,20,21)/b9-8+. The summed E-state index contributed by atoms with van der Waals surface area (Å²) in [6.07, 6.45) is 3.16. The number of carbonyl (C=O) groups is 1. The minimum atomic E-state index is -0.223. The van der Waals surface area contributed by atoms with E-state index in [2.05, 4.69) is 37.1 Å². The number of carbonyl (C=O) groups excluding carboxylic acids is 1. The van der Waals surface area contributed by atoms with E-state index in [9.17, 15) is 4.79 Å². The number of amides is 1. The van der Waals surface area contributed by atoms with E-state index < -0.39 is 0 Å². The second-order valence-electron chi connectivity index (χ2n) is 5.84. The van der Waals surface area contributed by atoms with E-state index in [1.165, 1.54) is 17.4 Å². The molecule has 0 fully saturated rings. The molecule has 0 aliphatic heterocycles. The Kier molecular flexibility index (Phi) is 4.74. The Hall–Kier alpha value is -2.45. The van der Waals surface area contributed by atoms with Crippen LogP contribution < -0.4 is 5.32 Å². The predicted molar refractivity (Wildman–Crippen MR) is 89.6 cm³/mol. The lowest BCUT2D eigenvalue weighted by molar-refractivity contribution is -0.111. The van der Waals surface area contributed by atoms with Crippen LogP contribution in [0.4, 0.5) is 5.13 Å². The smallest absolute Gasteiger partial charge is 0.250 e. The number of rotatable bonds is 3. The third-order valence-electron chi connectivity index (χ3n) is 2.97. The van der Waals surface area contributed by atoms with E-state index in [1.807, 2.05) is 5.38 Å². The highest BCUT2D eigenvalue weighted by atomic mass is 32.1. The average Bonchev–Trinajstić information content (AvgIpc) is 2.94. The molecule has 0 saturated heterocycles. The Labute approximate surface area is 134 Å². The van der Waals surface area contributed by atoms with Crippen molar-refractivity contribution in [3.05, 3.63) is 52.5 Å². The van der Waals surface area contributed by atoms with E-state index in [1.54, 1.807) is 30.3 Å². The van der Waals surface area contributed by atoms with Crippen molar-refractivity contribution in [3.63, 3.8) is 0 Å². The summed E-state index contributed by atoms with van der Waals surface area (Å²) in [5, 5.41) is 14.0. The summed E-state index contributed by atoms with van der Waals surface area (Å²) in [6.45, 7) is 6.25. The molecule has 22 heavy (non-hydrogen) atoms. The molecule has 0 aliphatic rings. The van der Waals surface area contributed by atoms with Gasteiger partial charge in [0.1, 0.15) is 0 Å². The van der Waals surface area contributed by atoms with Gasteiger partial charge in [-0.25, -0.2) is 4.98 Å². The first-order valence-electron chi connectivity index (χ1n) is 6.84. The van der Waals surface area contributed by atoms with E-state index in [4.69, 9.17) is 5.26 Å². The van der Waals surface area contributed by atoms with Crippen LogP contribution in [0.3, 0.4) is 0 Å². The fraction of sp³-hybridized carbons (Fsp3) is 0.235. The summed E-state index contributed by atoms with van der Waals surface area (Å²) in [5.41, 5.74) is 2.39. The maximum Gasteiger partial charge on any atom is 0.250 e.